The van der Waals surface area contributed by atoms with Crippen LogP contribution in [0, 0.1) is 0 Å². The van der Waals surface area contributed by atoms with Gasteiger partial charge in [-0.15, -0.1) is 0 Å². The molecule has 0 saturated carbocycles. The summed E-state index contributed by atoms with van der Waals surface area (Å²) in [6, 6.07) is 168. The van der Waals surface area contributed by atoms with E-state index in [1.54, 1.807) is 0 Å². The second-order valence-electron chi connectivity index (χ2n) is 35.0. The SMILES string of the molecule is c1ccc(-c2ccc(-c3cccc(-c4cccc(-c5nc(-c6ccccc6)nc(-c6ccc7c(c6)oc6ccccc67)n5)c4)c3)cc2)cc1.c1ccc(-c2ccc(-c3nc(-c4cc(-c5ccccc5)cc(-c5ccccc5)c4)nc(-c4ccc5c(c4)oc4ccccc45)n3)cc2)cc1.c1ccc(-c2nc(-c3cccc(-c4ccc5c(c4)oc4ccccc45)c3)nc(-c3ccc4c(c3)oc3ccccc34)n2)cc1. The largest absolute Gasteiger partial charge is 0.456 e. The van der Waals surface area contributed by atoms with Crippen molar-refractivity contribution in [3.63, 3.8) is 0 Å². The Bertz CT molecular complexity index is 9340. The van der Waals surface area contributed by atoms with Crippen LogP contribution in [0.15, 0.2) is 509 Å². The van der Waals surface area contributed by atoms with Gasteiger partial charge in [0.1, 0.15) is 44.7 Å². The summed E-state index contributed by atoms with van der Waals surface area (Å²) in [6.45, 7) is 0. The van der Waals surface area contributed by atoms with E-state index in [-0.39, 0.29) is 0 Å². The second-order valence-corrected chi connectivity index (χ2v) is 35.0. The smallest absolute Gasteiger partial charge is 0.164 e. The fourth-order valence-corrected chi connectivity index (χ4v) is 18.8. The van der Waals surface area contributed by atoms with Crippen LogP contribution in [-0.4, -0.2) is 44.9 Å². The number of hydrogen-bond donors (Lipinski definition) is 0. The van der Waals surface area contributed by atoms with Gasteiger partial charge in [0.15, 0.2) is 52.4 Å². The Morgan fingerprint density at radius 3 is 0.556 bits per heavy atom. The lowest BCUT2D eigenvalue weighted by Gasteiger charge is -2.12. The molecule has 0 fully saturated rings. The molecule has 0 aliphatic carbocycles. The number of furan rings is 4. The number of nitrogens with zero attached hydrogens (tertiary/aromatic N) is 9. The Hall–Kier alpha value is -19.4. The summed E-state index contributed by atoms with van der Waals surface area (Å²) in [7, 11) is 0. The van der Waals surface area contributed by atoms with Gasteiger partial charge in [0.25, 0.3) is 0 Å². The summed E-state index contributed by atoms with van der Waals surface area (Å²) in [4.78, 5) is 45.1. The average Bonchev–Trinajstić information content (AvgIpc) is 1.44. The van der Waals surface area contributed by atoms with Gasteiger partial charge in [-0.1, -0.05) is 382 Å². The summed E-state index contributed by atoms with van der Waals surface area (Å²) in [6.07, 6.45) is 0. The molecule has 0 N–H and O–H groups in total. The zero-order valence-electron chi connectivity index (χ0n) is 76.4. The van der Waals surface area contributed by atoms with Gasteiger partial charge < -0.3 is 17.7 Å². The van der Waals surface area contributed by atoms with Crippen LogP contribution in [0.2, 0.25) is 0 Å². The molecule has 0 atom stereocenters. The first-order valence-corrected chi connectivity index (χ1v) is 47.2. The molecule has 13 heteroatoms. The van der Waals surface area contributed by atoms with Crippen molar-refractivity contribution in [2.24, 2.45) is 0 Å². The molecule has 0 aliphatic heterocycles. The molecule has 13 nitrogen and oxygen atoms in total. The summed E-state index contributed by atoms with van der Waals surface area (Å²) >= 11 is 0. The van der Waals surface area contributed by atoms with Crippen molar-refractivity contribution in [1.82, 2.24) is 44.9 Å². The van der Waals surface area contributed by atoms with E-state index in [4.69, 9.17) is 62.5 Å². The third-order valence-corrected chi connectivity index (χ3v) is 26.0. The van der Waals surface area contributed by atoms with Gasteiger partial charge in [0.2, 0.25) is 0 Å². The molecule has 666 valence electrons. The lowest BCUT2D eigenvalue weighted by molar-refractivity contribution is 0.668. The van der Waals surface area contributed by atoms with Crippen LogP contribution in [0.5, 0.6) is 0 Å². The van der Waals surface area contributed by atoms with Crippen molar-refractivity contribution in [3.8, 4) is 180 Å². The number of para-hydroxylation sites is 4. The highest BCUT2D eigenvalue weighted by atomic mass is 16.3. The zero-order chi connectivity index (χ0) is 94.2. The monoisotopic (exact) mass is 1820 g/mol. The topological polar surface area (TPSA) is 169 Å². The zero-order valence-corrected chi connectivity index (χ0v) is 76.4. The number of benzene rings is 20. The van der Waals surface area contributed by atoms with Gasteiger partial charge in [-0.05, 0) is 187 Å². The molecule has 0 amide bonds. The highest BCUT2D eigenvalue weighted by Crippen LogP contribution is 2.43. The lowest BCUT2D eigenvalue weighted by Crippen LogP contribution is -2.00. The van der Waals surface area contributed by atoms with Gasteiger partial charge in [-0.3, -0.25) is 0 Å². The number of rotatable bonds is 16. The minimum Gasteiger partial charge on any atom is -0.456 e. The Morgan fingerprint density at radius 2 is 0.246 bits per heavy atom. The average molecular weight is 1820 g/mol. The van der Waals surface area contributed by atoms with E-state index in [2.05, 4.69) is 303 Å². The summed E-state index contributed by atoms with van der Waals surface area (Å²) in [5.41, 5.74) is 30.7. The Labute approximate surface area is 816 Å². The fraction of sp³-hybridized carbons (Fsp3) is 0. The van der Waals surface area contributed by atoms with Crippen molar-refractivity contribution in [2.75, 3.05) is 0 Å². The molecule has 7 heterocycles. The van der Waals surface area contributed by atoms with Gasteiger partial charge in [0, 0.05) is 93.2 Å². The van der Waals surface area contributed by atoms with Crippen molar-refractivity contribution in [2.45, 2.75) is 0 Å². The summed E-state index contributed by atoms with van der Waals surface area (Å²) < 4.78 is 24.8. The minimum absolute atomic E-state index is 0.584. The molecule has 0 aliphatic rings. The van der Waals surface area contributed by atoms with Gasteiger partial charge >= 0.3 is 0 Å². The highest BCUT2D eigenvalue weighted by Gasteiger charge is 2.23. The van der Waals surface area contributed by atoms with E-state index >= 15 is 0 Å². The predicted molar refractivity (Wildman–Crippen MR) is 576 cm³/mol. The van der Waals surface area contributed by atoms with Crippen LogP contribution >= 0.6 is 0 Å². The molecule has 0 unspecified atom stereocenters. The molecule has 27 rings (SSSR count). The van der Waals surface area contributed by atoms with E-state index in [9.17, 15) is 0 Å². The van der Waals surface area contributed by atoms with Crippen LogP contribution in [0.3, 0.4) is 0 Å². The third-order valence-electron chi connectivity index (χ3n) is 26.0. The number of hydrogen-bond acceptors (Lipinski definition) is 13. The van der Waals surface area contributed by atoms with Gasteiger partial charge in [-0.25, -0.2) is 44.9 Å². The lowest BCUT2D eigenvalue weighted by atomic mass is 9.96. The molecule has 7 aromatic heterocycles. The van der Waals surface area contributed by atoms with E-state index < -0.39 is 0 Å². The molecule has 27 aromatic rings. The first-order valence-electron chi connectivity index (χ1n) is 47.2. The van der Waals surface area contributed by atoms with Crippen molar-refractivity contribution in [3.05, 3.63) is 491 Å². The summed E-state index contributed by atoms with van der Waals surface area (Å²) in [5, 5.41) is 8.70. The van der Waals surface area contributed by atoms with Crippen LogP contribution in [0.4, 0.5) is 0 Å². The van der Waals surface area contributed by atoms with Crippen LogP contribution in [0.1, 0.15) is 0 Å². The fourth-order valence-electron chi connectivity index (χ4n) is 18.8. The number of aromatic nitrogens is 9. The van der Waals surface area contributed by atoms with Crippen molar-refractivity contribution < 1.29 is 17.7 Å². The Morgan fingerprint density at radius 1 is 0.0915 bits per heavy atom. The normalized spacial score (nSPS) is 11.4. The molecule has 0 bridgehead atoms. The van der Waals surface area contributed by atoms with Crippen molar-refractivity contribution >= 4 is 87.8 Å². The second kappa shape index (κ2) is 37.0. The van der Waals surface area contributed by atoms with E-state index in [1.165, 1.54) is 16.7 Å². The molecule has 0 spiro atoms. The molecular formula is C129H81N9O4. The van der Waals surface area contributed by atoms with E-state index in [0.717, 1.165) is 199 Å². The molecular weight excluding hydrogens is 1740 g/mol. The van der Waals surface area contributed by atoms with Crippen LogP contribution in [0.25, 0.3) is 268 Å². The quantitative estimate of drug-likeness (QED) is 0.0897. The first kappa shape index (κ1) is 84.4. The van der Waals surface area contributed by atoms with Gasteiger partial charge in [0.05, 0.1) is 0 Å². The maximum absolute atomic E-state index is 6.26. The molecule has 0 radical (unpaired) electrons. The van der Waals surface area contributed by atoms with Crippen LogP contribution in [-0.2, 0) is 0 Å². The maximum atomic E-state index is 6.26. The van der Waals surface area contributed by atoms with Crippen molar-refractivity contribution in [1.29, 1.82) is 0 Å². The number of fused-ring (bicyclic) bond motifs is 12. The Balaban J connectivity index is 0.000000112. The molecule has 0 saturated heterocycles. The van der Waals surface area contributed by atoms with E-state index in [0.29, 0.717) is 52.4 Å². The summed E-state index contributed by atoms with van der Waals surface area (Å²) in [5.74, 6) is 5.43. The predicted octanol–water partition coefficient (Wildman–Crippen LogP) is 33.9. The Kier molecular flexibility index (Phi) is 22.0. The maximum Gasteiger partial charge on any atom is 0.164 e. The minimum atomic E-state index is 0.584. The van der Waals surface area contributed by atoms with E-state index in [1.807, 2.05) is 188 Å². The first-order chi connectivity index (χ1) is 70.3. The molecule has 20 aromatic carbocycles. The van der Waals surface area contributed by atoms with Gasteiger partial charge in [-0.2, -0.15) is 0 Å². The van der Waals surface area contributed by atoms with Crippen LogP contribution < -0.4 is 0 Å². The highest BCUT2D eigenvalue weighted by molar-refractivity contribution is 6.09. The standard InChI is InChI=1S/2C45H29N3O.C39H23N3O2/c1-4-12-30(13-5-1)33-20-22-34(23-21-33)43-46-44(35-24-25-40-39-18-10-11-19-41(39)49-42(40)29-35)48-45(47-43)38-27-36(31-14-6-2-7-15-31)26-37(28-38)32-16-8-3-9-17-32;1-3-11-30(12-4-1)31-21-23-32(24-22-31)34-15-9-16-35(27-34)36-17-10-18-37(28-36)44-46-43(33-13-5-2-6-14-33)47-45(48-44)38-25-26-40-39-19-7-8-20-41(39)49-42(40)29-38;1-2-9-24(10-3-1)37-40-38(42-39(41-37)28-18-20-32-30-14-5-7-16-34(30)44-36(32)23-28)27-12-8-11-25(21-27)26-17-19-31-29-13-4-6-15-33(29)43-35(31)22-26/h2*1-29H;1-23H. The molecule has 142 heavy (non-hydrogen) atoms. The third kappa shape index (κ3) is 17.0.